The first-order valence-electron chi connectivity index (χ1n) is 5.95. The molecule has 0 unspecified atom stereocenters. The summed E-state index contributed by atoms with van der Waals surface area (Å²) in [6.45, 7) is 5.80. The molecular weight excluding hydrogens is 230 g/mol. The van der Waals surface area contributed by atoms with Crippen molar-refractivity contribution < 1.29 is 9.94 Å². The van der Waals surface area contributed by atoms with Crippen LogP contribution in [0, 0.1) is 0 Å². The smallest absolute Gasteiger partial charge is 0.170 e. The maximum absolute atomic E-state index is 8.54. The lowest BCUT2D eigenvalue weighted by Crippen LogP contribution is -2.30. The van der Waals surface area contributed by atoms with Crippen LogP contribution in [0.4, 0.5) is 0 Å². The van der Waals surface area contributed by atoms with Gasteiger partial charge in [0.1, 0.15) is 12.4 Å². The van der Waals surface area contributed by atoms with Gasteiger partial charge in [-0.1, -0.05) is 5.16 Å². The molecule has 0 spiro atoms. The molecule has 0 aromatic heterocycles. The van der Waals surface area contributed by atoms with Gasteiger partial charge in [0, 0.05) is 18.2 Å². The van der Waals surface area contributed by atoms with Gasteiger partial charge in [-0.3, -0.25) is 0 Å². The number of nitrogens with two attached hydrogens (primary N) is 1. The first-order valence-corrected chi connectivity index (χ1v) is 5.95. The number of hydrogen-bond donors (Lipinski definition) is 2. The largest absolute Gasteiger partial charge is 0.492 e. The second-order valence-corrected chi connectivity index (χ2v) is 4.43. The summed E-state index contributed by atoms with van der Waals surface area (Å²) in [6.07, 6.45) is 0. The number of ether oxygens (including phenoxy) is 1. The number of hydrogen-bond acceptors (Lipinski definition) is 4. The van der Waals surface area contributed by atoms with E-state index in [2.05, 4.69) is 31.0 Å². The van der Waals surface area contributed by atoms with Gasteiger partial charge >= 0.3 is 0 Å². The molecule has 5 nitrogen and oxygen atoms in total. The zero-order chi connectivity index (χ0) is 13.5. The number of likely N-dealkylation sites (N-methyl/N-ethyl adjacent to an activating group) is 1. The van der Waals surface area contributed by atoms with E-state index in [-0.39, 0.29) is 5.84 Å². The van der Waals surface area contributed by atoms with Gasteiger partial charge in [-0.05, 0) is 45.2 Å². The molecule has 0 atom stereocenters. The Balaban J connectivity index is 2.45. The molecule has 0 heterocycles. The van der Waals surface area contributed by atoms with Crippen LogP contribution in [-0.4, -0.2) is 42.2 Å². The van der Waals surface area contributed by atoms with Crippen LogP contribution in [0.15, 0.2) is 29.4 Å². The van der Waals surface area contributed by atoms with Crippen molar-refractivity contribution in [3.63, 3.8) is 0 Å². The molecule has 1 aromatic carbocycles. The van der Waals surface area contributed by atoms with Gasteiger partial charge in [0.25, 0.3) is 0 Å². The highest BCUT2D eigenvalue weighted by atomic mass is 16.5. The van der Waals surface area contributed by atoms with Gasteiger partial charge in [0.2, 0.25) is 0 Å². The summed E-state index contributed by atoms with van der Waals surface area (Å²) in [5, 5.41) is 11.5. The molecular formula is C13H21N3O2. The number of benzene rings is 1. The average molecular weight is 251 g/mol. The van der Waals surface area contributed by atoms with Gasteiger partial charge < -0.3 is 20.6 Å². The number of rotatable bonds is 6. The molecule has 0 aliphatic rings. The highest BCUT2D eigenvalue weighted by Gasteiger charge is 2.03. The fourth-order valence-electron chi connectivity index (χ4n) is 1.35. The van der Waals surface area contributed by atoms with E-state index in [1.54, 1.807) is 12.1 Å². The lowest BCUT2D eigenvalue weighted by atomic mass is 10.2. The standard InChI is InChI=1S/C13H21N3O2/c1-10(2)16(3)8-9-18-12-6-4-11(5-7-12)13(14)15-17/h4-7,10,17H,8-9H2,1-3H3,(H2,14,15). The molecule has 0 radical (unpaired) electrons. The van der Waals surface area contributed by atoms with Crippen molar-refractivity contribution in [2.75, 3.05) is 20.2 Å². The Bertz CT molecular complexity index is 388. The Labute approximate surface area is 108 Å². The summed E-state index contributed by atoms with van der Waals surface area (Å²) in [7, 11) is 2.07. The van der Waals surface area contributed by atoms with Crippen LogP contribution < -0.4 is 10.5 Å². The molecule has 0 bridgehead atoms. The van der Waals surface area contributed by atoms with Crippen LogP contribution >= 0.6 is 0 Å². The normalized spacial score (nSPS) is 12.2. The third-order valence-corrected chi connectivity index (χ3v) is 2.85. The minimum atomic E-state index is 0.0982. The topological polar surface area (TPSA) is 71.1 Å². The summed E-state index contributed by atoms with van der Waals surface area (Å²) in [5.74, 6) is 0.878. The molecule has 0 aliphatic heterocycles. The summed E-state index contributed by atoms with van der Waals surface area (Å²) in [6, 6.07) is 7.65. The summed E-state index contributed by atoms with van der Waals surface area (Å²) in [4.78, 5) is 2.21. The molecule has 0 aliphatic carbocycles. The van der Waals surface area contributed by atoms with Gasteiger partial charge in [-0.2, -0.15) is 0 Å². The van der Waals surface area contributed by atoms with Crippen molar-refractivity contribution >= 4 is 5.84 Å². The molecule has 0 amide bonds. The van der Waals surface area contributed by atoms with Gasteiger partial charge in [0.15, 0.2) is 5.84 Å². The van der Waals surface area contributed by atoms with Crippen LogP contribution in [-0.2, 0) is 0 Å². The van der Waals surface area contributed by atoms with E-state index in [0.29, 0.717) is 18.2 Å². The predicted molar refractivity (Wildman–Crippen MR) is 72.2 cm³/mol. The van der Waals surface area contributed by atoms with Crippen LogP contribution in [0.1, 0.15) is 19.4 Å². The van der Waals surface area contributed by atoms with E-state index in [0.717, 1.165) is 12.3 Å². The van der Waals surface area contributed by atoms with Crippen LogP contribution in [0.3, 0.4) is 0 Å². The number of nitrogens with zero attached hydrogens (tertiary/aromatic N) is 2. The van der Waals surface area contributed by atoms with Crippen molar-refractivity contribution in [2.24, 2.45) is 10.9 Å². The number of oxime groups is 1. The van der Waals surface area contributed by atoms with Crippen molar-refractivity contribution in [3.05, 3.63) is 29.8 Å². The minimum absolute atomic E-state index is 0.0982. The maximum atomic E-state index is 8.54. The monoisotopic (exact) mass is 251 g/mol. The Kier molecular flexibility index (Phi) is 5.45. The molecule has 18 heavy (non-hydrogen) atoms. The van der Waals surface area contributed by atoms with E-state index >= 15 is 0 Å². The Morgan fingerprint density at radius 2 is 2.00 bits per heavy atom. The lowest BCUT2D eigenvalue weighted by molar-refractivity contribution is 0.208. The quantitative estimate of drug-likeness (QED) is 0.348. The van der Waals surface area contributed by atoms with E-state index in [1.165, 1.54) is 0 Å². The van der Waals surface area contributed by atoms with Crippen LogP contribution in [0.2, 0.25) is 0 Å². The fourth-order valence-corrected chi connectivity index (χ4v) is 1.35. The predicted octanol–water partition coefficient (Wildman–Crippen LogP) is 1.50. The molecule has 1 aromatic rings. The Hall–Kier alpha value is -1.75. The van der Waals surface area contributed by atoms with Crippen molar-refractivity contribution in [1.82, 2.24) is 4.90 Å². The molecule has 100 valence electrons. The SMILES string of the molecule is CC(C)N(C)CCOc1ccc(/C(N)=N/O)cc1. The lowest BCUT2D eigenvalue weighted by Gasteiger charge is -2.20. The highest BCUT2D eigenvalue weighted by molar-refractivity contribution is 5.97. The summed E-state index contributed by atoms with van der Waals surface area (Å²) in [5.41, 5.74) is 6.14. The van der Waals surface area contributed by atoms with Gasteiger partial charge in [0.05, 0.1) is 0 Å². The first kappa shape index (κ1) is 14.3. The molecule has 0 fully saturated rings. The molecule has 1 rings (SSSR count). The Morgan fingerprint density at radius 1 is 1.39 bits per heavy atom. The van der Waals surface area contributed by atoms with E-state index in [1.807, 2.05) is 12.1 Å². The molecule has 0 saturated heterocycles. The minimum Gasteiger partial charge on any atom is -0.492 e. The van der Waals surface area contributed by atoms with Crippen LogP contribution in [0.5, 0.6) is 5.75 Å². The molecule has 3 N–H and O–H groups in total. The van der Waals surface area contributed by atoms with Gasteiger partial charge in [-0.15, -0.1) is 0 Å². The third kappa shape index (κ3) is 4.25. The summed E-state index contributed by atoms with van der Waals surface area (Å²) >= 11 is 0. The van der Waals surface area contributed by atoms with Crippen molar-refractivity contribution in [2.45, 2.75) is 19.9 Å². The first-order chi connectivity index (χ1) is 8.54. The highest BCUT2D eigenvalue weighted by Crippen LogP contribution is 2.12. The van der Waals surface area contributed by atoms with Gasteiger partial charge in [-0.25, -0.2) is 0 Å². The molecule has 5 heteroatoms. The maximum Gasteiger partial charge on any atom is 0.170 e. The Morgan fingerprint density at radius 3 is 2.50 bits per heavy atom. The van der Waals surface area contributed by atoms with Crippen molar-refractivity contribution in [3.8, 4) is 5.75 Å². The second kappa shape index (κ2) is 6.86. The zero-order valence-corrected chi connectivity index (χ0v) is 11.1. The van der Waals surface area contributed by atoms with E-state index in [9.17, 15) is 0 Å². The third-order valence-electron chi connectivity index (χ3n) is 2.85. The molecule has 0 saturated carbocycles. The van der Waals surface area contributed by atoms with Crippen LogP contribution in [0.25, 0.3) is 0 Å². The average Bonchev–Trinajstić information content (AvgIpc) is 2.38. The second-order valence-electron chi connectivity index (χ2n) is 4.43. The van der Waals surface area contributed by atoms with E-state index < -0.39 is 0 Å². The zero-order valence-electron chi connectivity index (χ0n) is 11.1. The van der Waals surface area contributed by atoms with Crippen molar-refractivity contribution in [1.29, 1.82) is 0 Å². The summed E-state index contributed by atoms with van der Waals surface area (Å²) < 4.78 is 5.61. The van der Waals surface area contributed by atoms with E-state index in [4.69, 9.17) is 15.7 Å². The fraction of sp³-hybridized carbons (Fsp3) is 0.462. The number of amidine groups is 1.